The molecule has 4 heteroatoms. The maximum atomic E-state index is 11.3. The number of hydrogen-bond acceptors (Lipinski definition) is 2. The minimum atomic E-state index is -0.932. The summed E-state index contributed by atoms with van der Waals surface area (Å²) in [6, 6.07) is 13.8. The molecule has 0 saturated heterocycles. The molecule has 2 aromatic carbocycles. The molecule has 0 atom stereocenters. The van der Waals surface area contributed by atoms with Crippen molar-refractivity contribution in [2.45, 2.75) is 129 Å². The Hall–Kier alpha value is -4.02. The Kier molecular flexibility index (Phi) is 20.1. The molecule has 46 heavy (non-hydrogen) atoms. The van der Waals surface area contributed by atoms with E-state index in [-0.39, 0.29) is 11.1 Å². The first kappa shape index (κ1) is 38.2. The largest absolute Gasteiger partial charge is 0.478 e. The molecule has 0 unspecified atom stereocenters. The van der Waals surface area contributed by atoms with Gasteiger partial charge >= 0.3 is 11.9 Å². The second kappa shape index (κ2) is 24.2. The van der Waals surface area contributed by atoms with Gasteiger partial charge in [-0.15, -0.1) is 0 Å². The SMILES string of the molecule is CCCCCCCCCC/C(C#CC#C/C(=C/c1ccc(C(=O)O)cc1)CCCCCCCCCC)=C/c1ccc(C(=O)O)cc1. The van der Waals surface area contributed by atoms with Crippen LogP contribution in [0.4, 0.5) is 0 Å². The number of carboxylic acids is 2. The predicted octanol–water partition coefficient (Wildman–Crippen LogP) is 11.6. The second-order valence-electron chi connectivity index (χ2n) is 12.1. The Morgan fingerprint density at radius 1 is 0.500 bits per heavy atom. The molecule has 0 aliphatic rings. The molecule has 4 nitrogen and oxygen atoms in total. The van der Waals surface area contributed by atoms with E-state index in [1.165, 1.54) is 89.9 Å². The van der Waals surface area contributed by atoms with Gasteiger partial charge in [-0.2, -0.15) is 0 Å². The van der Waals surface area contributed by atoms with Crippen LogP contribution >= 0.6 is 0 Å². The van der Waals surface area contributed by atoms with Crippen molar-refractivity contribution in [3.05, 3.63) is 81.9 Å². The van der Waals surface area contributed by atoms with E-state index in [0.717, 1.165) is 48.0 Å². The van der Waals surface area contributed by atoms with Gasteiger partial charge in [0, 0.05) is 11.1 Å². The first-order chi connectivity index (χ1) is 22.4. The molecule has 2 N–H and O–H groups in total. The van der Waals surface area contributed by atoms with Crippen LogP contribution in [0.25, 0.3) is 12.2 Å². The van der Waals surface area contributed by atoms with Gasteiger partial charge in [0.05, 0.1) is 11.1 Å². The molecule has 0 aliphatic carbocycles. The molecular weight excluding hydrogens is 568 g/mol. The minimum absolute atomic E-state index is 0.270. The molecule has 0 radical (unpaired) electrons. The summed E-state index contributed by atoms with van der Waals surface area (Å²) < 4.78 is 0. The van der Waals surface area contributed by atoms with Crippen molar-refractivity contribution < 1.29 is 19.8 Å². The summed E-state index contributed by atoms with van der Waals surface area (Å²) in [5.41, 5.74) is 4.41. The lowest BCUT2D eigenvalue weighted by Crippen LogP contribution is -1.95. The Bertz CT molecular complexity index is 1250. The third kappa shape index (κ3) is 17.5. The zero-order valence-corrected chi connectivity index (χ0v) is 28.2. The molecule has 0 saturated carbocycles. The van der Waals surface area contributed by atoms with E-state index in [2.05, 4.69) is 37.5 Å². The van der Waals surface area contributed by atoms with Gasteiger partial charge in [0.2, 0.25) is 0 Å². The van der Waals surface area contributed by atoms with Gasteiger partial charge < -0.3 is 10.2 Å². The molecule has 0 amide bonds. The number of hydrogen-bond donors (Lipinski definition) is 2. The molecule has 2 rings (SSSR count). The molecule has 0 fully saturated rings. The number of unbranched alkanes of at least 4 members (excludes halogenated alkanes) is 14. The molecule has 0 bridgehead atoms. The van der Waals surface area contributed by atoms with E-state index >= 15 is 0 Å². The van der Waals surface area contributed by atoms with Crippen LogP contribution in [-0.2, 0) is 0 Å². The fraction of sp³-hybridized carbons (Fsp3) is 0.476. The van der Waals surface area contributed by atoms with Crippen LogP contribution in [-0.4, -0.2) is 22.2 Å². The normalized spacial score (nSPS) is 11.3. The van der Waals surface area contributed by atoms with E-state index in [0.29, 0.717) is 0 Å². The fourth-order valence-corrected chi connectivity index (χ4v) is 5.31. The number of benzene rings is 2. The summed E-state index contributed by atoms with van der Waals surface area (Å²) in [7, 11) is 0. The molecule has 0 aliphatic heterocycles. The number of carboxylic acid groups (broad SMARTS) is 2. The smallest absolute Gasteiger partial charge is 0.335 e. The summed E-state index contributed by atoms with van der Waals surface area (Å²) in [5.74, 6) is 10.9. The Morgan fingerprint density at radius 2 is 0.804 bits per heavy atom. The quantitative estimate of drug-likeness (QED) is 0.101. The fourth-order valence-electron chi connectivity index (χ4n) is 5.31. The molecule has 246 valence electrons. The second-order valence-corrected chi connectivity index (χ2v) is 12.1. The molecule has 0 heterocycles. The van der Waals surface area contributed by atoms with Crippen molar-refractivity contribution in [2.75, 3.05) is 0 Å². The van der Waals surface area contributed by atoms with Crippen molar-refractivity contribution in [3.63, 3.8) is 0 Å². The summed E-state index contributed by atoms with van der Waals surface area (Å²) in [4.78, 5) is 22.5. The Morgan fingerprint density at radius 3 is 1.11 bits per heavy atom. The van der Waals surface area contributed by atoms with Crippen molar-refractivity contribution >= 4 is 24.1 Å². The van der Waals surface area contributed by atoms with Crippen LogP contribution in [0.3, 0.4) is 0 Å². The lowest BCUT2D eigenvalue weighted by molar-refractivity contribution is 0.0686. The van der Waals surface area contributed by atoms with E-state index in [4.69, 9.17) is 0 Å². The van der Waals surface area contributed by atoms with Gasteiger partial charge in [-0.1, -0.05) is 140 Å². The maximum absolute atomic E-state index is 11.3. The molecule has 0 spiro atoms. The standard InChI is InChI=1S/C42H54O4/c1-3-5-7-9-11-13-15-17-21-35(33-37-25-29-39(30-26-37)41(43)44)23-19-20-24-36(22-18-16-14-12-10-8-6-4-2)34-38-27-31-40(32-28-38)42(45)46/h25-34H,3-18,21-22H2,1-2H3,(H,43,44)(H,45,46)/b35-33-,36-34+. The molecule has 2 aromatic rings. The van der Waals surface area contributed by atoms with Crippen molar-refractivity contribution in [1.82, 2.24) is 0 Å². The van der Waals surface area contributed by atoms with Crippen molar-refractivity contribution in [3.8, 4) is 23.7 Å². The van der Waals surface area contributed by atoms with E-state index < -0.39 is 11.9 Å². The summed E-state index contributed by atoms with van der Waals surface area (Å²) in [6.45, 7) is 4.48. The average molecular weight is 623 g/mol. The monoisotopic (exact) mass is 622 g/mol. The zero-order chi connectivity index (χ0) is 33.2. The van der Waals surface area contributed by atoms with E-state index in [1.54, 1.807) is 24.3 Å². The number of aromatic carboxylic acids is 2. The molecule has 0 aromatic heterocycles. The first-order valence-electron chi connectivity index (χ1n) is 17.5. The third-order valence-electron chi connectivity index (χ3n) is 8.11. The topological polar surface area (TPSA) is 74.6 Å². The zero-order valence-electron chi connectivity index (χ0n) is 28.2. The summed E-state index contributed by atoms with van der Waals surface area (Å²) >= 11 is 0. The van der Waals surface area contributed by atoms with Crippen LogP contribution in [0.15, 0.2) is 59.7 Å². The van der Waals surface area contributed by atoms with Crippen molar-refractivity contribution in [1.29, 1.82) is 0 Å². The third-order valence-corrected chi connectivity index (χ3v) is 8.11. The van der Waals surface area contributed by atoms with Crippen molar-refractivity contribution in [2.24, 2.45) is 0 Å². The van der Waals surface area contributed by atoms with Gasteiger partial charge in [-0.25, -0.2) is 9.59 Å². The highest BCUT2D eigenvalue weighted by Gasteiger charge is 2.03. The predicted molar refractivity (Wildman–Crippen MR) is 193 cm³/mol. The Labute approximate surface area is 278 Å². The van der Waals surface area contributed by atoms with Crippen LogP contribution in [0.1, 0.15) is 161 Å². The first-order valence-corrected chi connectivity index (χ1v) is 17.5. The summed E-state index contributed by atoms with van der Waals surface area (Å²) in [5, 5.41) is 18.5. The van der Waals surface area contributed by atoms with Crippen LogP contribution in [0, 0.1) is 23.7 Å². The molecular formula is C42H54O4. The van der Waals surface area contributed by atoms with Gasteiger partial charge in [0.25, 0.3) is 0 Å². The van der Waals surface area contributed by atoms with Gasteiger partial charge in [0.1, 0.15) is 0 Å². The lowest BCUT2D eigenvalue weighted by atomic mass is 10.0. The summed E-state index contributed by atoms with van der Waals surface area (Å²) in [6.07, 6.45) is 25.7. The van der Waals surface area contributed by atoms with E-state index in [1.807, 2.05) is 36.4 Å². The van der Waals surface area contributed by atoms with Gasteiger partial charge in [-0.05, 0) is 85.1 Å². The maximum Gasteiger partial charge on any atom is 0.335 e. The number of allylic oxidation sites excluding steroid dienone is 2. The highest BCUT2D eigenvalue weighted by Crippen LogP contribution is 2.18. The highest BCUT2D eigenvalue weighted by atomic mass is 16.4. The lowest BCUT2D eigenvalue weighted by Gasteiger charge is -2.03. The van der Waals surface area contributed by atoms with Crippen LogP contribution < -0.4 is 0 Å². The number of rotatable bonds is 22. The van der Waals surface area contributed by atoms with Gasteiger partial charge in [-0.3, -0.25) is 0 Å². The average Bonchev–Trinajstić information content (AvgIpc) is 3.05. The van der Waals surface area contributed by atoms with Gasteiger partial charge in [0.15, 0.2) is 0 Å². The highest BCUT2D eigenvalue weighted by molar-refractivity contribution is 5.88. The number of carbonyl (C=O) groups is 2. The minimum Gasteiger partial charge on any atom is -0.478 e. The van der Waals surface area contributed by atoms with E-state index in [9.17, 15) is 19.8 Å². The van der Waals surface area contributed by atoms with Crippen LogP contribution in [0.2, 0.25) is 0 Å². The Balaban J connectivity index is 2.15. The van der Waals surface area contributed by atoms with Crippen LogP contribution in [0.5, 0.6) is 0 Å².